The Morgan fingerprint density at radius 2 is 2.25 bits per heavy atom. The molecule has 114 valence electrons. The smallest absolute Gasteiger partial charge is 0.186 e. The van der Waals surface area contributed by atoms with Crippen LogP contribution in [0.1, 0.15) is 17.5 Å². The third-order valence-corrected chi connectivity index (χ3v) is 7.08. The van der Waals surface area contributed by atoms with E-state index in [0.717, 1.165) is 36.2 Å². The molecule has 1 aliphatic rings. The fraction of sp³-hybridized carbons (Fsp3) is 0.750. The highest BCUT2D eigenvalue weighted by Gasteiger charge is 2.33. The molecule has 1 aromatic heterocycles. The highest BCUT2D eigenvalue weighted by Crippen LogP contribution is 2.31. The molecule has 5 nitrogen and oxygen atoms in total. The van der Waals surface area contributed by atoms with Crippen molar-refractivity contribution in [2.24, 2.45) is 0 Å². The second-order valence-corrected chi connectivity index (χ2v) is 9.25. The van der Waals surface area contributed by atoms with Crippen LogP contribution in [-0.2, 0) is 16.4 Å². The molecule has 1 fully saturated rings. The van der Waals surface area contributed by atoms with Gasteiger partial charge < -0.3 is 10.2 Å². The van der Waals surface area contributed by atoms with Crippen molar-refractivity contribution in [1.82, 2.24) is 10.3 Å². The lowest BCUT2D eigenvalue weighted by atomic mass is 10.4. The number of thiazole rings is 1. The van der Waals surface area contributed by atoms with Gasteiger partial charge in [0, 0.05) is 35.7 Å². The molecule has 1 unspecified atom stereocenters. The van der Waals surface area contributed by atoms with Gasteiger partial charge in [-0.15, -0.1) is 11.3 Å². The number of hydrogen-bond acceptors (Lipinski definition) is 7. The van der Waals surface area contributed by atoms with Crippen molar-refractivity contribution in [2.75, 3.05) is 35.8 Å². The number of nitrogens with one attached hydrogen (secondary N) is 1. The molecule has 0 aromatic carbocycles. The Morgan fingerprint density at radius 1 is 1.50 bits per heavy atom. The van der Waals surface area contributed by atoms with Gasteiger partial charge in [0.1, 0.15) is 5.37 Å². The van der Waals surface area contributed by atoms with Gasteiger partial charge in [0.25, 0.3) is 0 Å². The Hall–Kier alpha value is -0.310. The minimum absolute atomic E-state index is 0.446. The number of thioether (sulfide) groups is 1. The van der Waals surface area contributed by atoms with Crippen LogP contribution in [-0.4, -0.2) is 49.6 Å². The van der Waals surface area contributed by atoms with Gasteiger partial charge in [0.2, 0.25) is 0 Å². The number of nitrogens with zero attached hydrogens (tertiary/aromatic N) is 2. The van der Waals surface area contributed by atoms with E-state index in [1.807, 2.05) is 11.8 Å². The van der Waals surface area contributed by atoms with Crippen molar-refractivity contribution >= 4 is 38.1 Å². The summed E-state index contributed by atoms with van der Waals surface area (Å²) in [5, 5.41) is 3.69. The number of hydrogen-bond donors (Lipinski definition) is 1. The van der Waals surface area contributed by atoms with E-state index in [9.17, 15) is 8.42 Å². The summed E-state index contributed by atoms with van der Waals surface area (Å²) in [6.45, 7) is 6.51. The Bertz CT molecular complexity index is 556. The molecule has 0 radical (unpaired) electrons. The lowest BCUT2D eigenvalue weighted by Gasteiger charge is -2.33. The second kappa shape index (κ2) is 6.64. The van der Waals surface area contributed by atoms with Crippen molar-refractivity contribution in [1.29, 1.82) is 0 Å². The second-order valence-electron chi connectivity index (χ2n) is 4.84. The molecule has 0 amide bonds. The van der Waals surface area contributed by atoms with Gasteiger partial charge in [-0.1, -0.05) is 6.92 Å². The van der Waals surface area contributed by atoms with Crippen LogP contribution in [0.2, 0.25) is 0 Å². The monoisotopic (exact) mass is 335 g/mol. The summed E-state index contributed by atoms with van der Waals surface area (Å²) in [6, 6.07) is 0. The standard InChI is InChI=1S/C12H21N3O2S3/c1-4-13-7-10-9(2)14-12(19-10)15-5-6-18-8-11(15)20(3,16)17/h11,13H,4-8H2,1-3H3. The molecule has 1 N–H and O–H groups in total. The first-order chi connectivity index (χ1) is 9.43. The highest BCUT2D eigenvalue weighted by molar-refractivity contribution is 8.01. The van der Waals surface area contributed by atoms with Crippen LogP contribution >= 0.6 is 23.1 Å². The maximum absolute atomic E-state index is 11.9. The molecule has 1 atom stereocenters. The van der Waals surface area contributed by atoms with Gasteiger partial charge in [-0.2, -0.15) is 11.8 Å². The average Bonchev–Trinajstić information content (AvgIpc) is 2.77. The van der Waals surface area contributed by atoms with E-state index in [-0.39, 0.29) is 0 Å². The molecule has 0 bridgehead atoms. The SMILES string of the molecule is CCNCc1sc(N2CCSCC2S(C)(=O)=O)nc1C. The summed E-state index contributed by atoms with van der Waals surface area (Å²) in [7, 11) is -3.09. The molecule has 1 saturated heterocycles. The molecule has 1 aliphatic heterocycles. The number of sulfone groups is 1. The van der Waals surface area contributed by atoms with Gasteiger partial charge in [-0.05, 0) is 13.5 Å². The molecular formula is C12H21N3O2S3. The number of rotatable bonds is 5. The summed E-state index contributed by atoms with van der Waals surface area (Å²) < 4.78 is 23.9. The Morgan fingerprint density at radius 3 is 2.90 bits per heavy atom. The van der Waals surface area contributed by atoms with Crippen LogP contribution in [0.4, 0.5) is 5.13 Å². The summed E-state index contributed by atoms with van der Waals surface area (Å²) >= 11 is 3.30. The number of anilines is 1. The molecule has 1 aromatic rings. The van der Waals surface area contributed by atoms with Gasteiger partial charge >= 0.3 is 0 Å². The predicted octanol–water partition coefficient (Wildman–Crippen LogP) is 1.48. The van der Waals surface area contributed by atoms with Crippen molar-refractivity contribution in [3.05, 3.63) is 10.6 Å². The Balaban J connectivity index is 2.24. The zero-order valence-corrected chi connectivity index (χ0v) is 14.5. The molecule has 0 aliphatic carbocycles. The van der Waals surface area contributed by atoms with Crippen LogP contribution in [0, 0.1) is 6.92 Å². The van der Waals surface area contributed by atoms with Crippen LogP contribution in [0.15, 0.2) is 0 Å². The maximum Gasteiger partial charge on any atom is 0.186 e. The van der Waals surface area contributed by atoms with E-state index in [4.69, 9.17) is 0 Å². The van der Waals surface area contributed by atoms with Gasteiger partial charge in [-0.25, -0.2) is 13.4 Å². The first kappa shape index (κ1) is 16.1. The van der Waals surface area contributed by atoms with Crippen molar-refractivity contribution in [3.63, 3.8) is 0 Å². The lowest BCUT2D eigenvalue weighted by molar-refractivity contribution is 0.584. The van der Waals surface area contributed by atoms with Gasteiger partial charge in [0.05, 0.1) is 5.69 Å². The molecular weight excluding hydrogens is 314 g/mol. The van der Waals surface area contributed by atoms with E-state index in [0.29, 0.717) is 5.75 Å². The average molecular weight is 336 g/mol. The fourth-order valence-electron chi connectivity index (χ4n) is 2.09. The molecule has 0 spiro atoms. The number of aromatic nitrogens is 1. The minimum atomic E-state index is -3.09. The highest BCUT2D eigenvalue weighted by atomic mass is 32.2. The van der Waals surface area contributed by atoms with Crippen LogP contribution < -0.4 is 10.2 Å². The van der Waals surface area contributed by atoms with E-state index in [1.54, 1.807) is 23.1 Å². The van der Waals surface area contributed by atoms with Crippen LogP contribution in [0.5, 0.6) is 0 Å². The van der Waals surface area contributed by atoms with Gasteiger partial charge in [0.15, 0.2) is 15.0 Å². The first-order valence-corrected chi connectivity index (χ1v) is 10.6. The Labute approximate surface area is 129 Å². The van der Waals surface area contributed by atoms with E-state index < -0.39 is 15.2 Å². The van der Waals surface area contributed by atoms with Crippen molar-refractivity contribution in [2.45, 2.75) is 25.8 Å². The van der Waals surface area contributed by atoms with Crippen LogP contribution in [0.25, 0.3) is 0 Å². The van der Waals surface area contributed by atoms with Crippen LogP contribution in [0.3, 0.4) is 0 Å². The van der Waals surface area contributed by atoms with E-state index >= 15 is 0 Å². The normalized spacial score (nSPS) is 20.4. The third-order valence-electron chi connectivity index (χ3n) is 3.24. The molecule has 2 heterocycles. The molecule has 8 heteroatoms. The molecule has 2 rings (SSSR count). The zero-order chi connectivity index (χ0) is 14.8. The zero-order valence-electron chi connectivity index (χ0n) is 12.0. The topological polar surface area (TPSA) is 62.3 Å². The van der Waals surface area contributed by atoms with Crippen molar-refractivity contribution < 1.29 is 8.42 Å². The summed E-state index contributed by atoms with van der Waals surface area (Å²) in [6.07, 6.45) is 1.32. The Kier molecular flexibility index (Phi) is 5.33. The van der Waals surface area contributed by atoms with Crippen molar-refractivity contribution in [3.8, 4) is 0 Å². The first-order valence-electron chi connectivity index (χ1n) is 6.63. The largest absolute Gasteiger partial charge is 0.329 e. The van der Waals surface area contributed by atoms with E-state index in [1.165, 1.54) is 11.1 Å². The van der Waals surface area contributed by atoms with Gasteiger partial charge in [-0.3, -0.25) is 0 Å². The van der Waals surface area contributed by atoms with E-state index in [2.05, 4.69) is 17.2 Å². The quantitative estimate of drug-likeness (QED) is 0.879. The lowest BCUT2D eigenvalue weighted by Crippen LogP contribution is -2.47. The molecule has 20 heavy (non-hydrogen) atoms. The summed E-state index contributed by atoms with van der Waals surface area (Å²) in [5.41, 5.74) is 0.997. The molecule has 0 saturated carbocycles. The maximum atomic E-state index is 11.9. The predicted molar refractivity (Wildman–Crippen MR) is 87.5 cm³/mol. The minimum Gasteiger partial charge on any atom is -0.329 e. The third kappa shape index (κ3) is 3.66. The summed E-state index contributed by atoms with van der Waals surface area (Å²) in [5.74, 6) is 1.58. The number of aryl methyl sites for hydroxylation is 1. The summed E-state index contributed by atoms with van der Waals surface area (Å²) in [4.78, 5) is 7.73. The fourth-order valence-corrected chi connectivity index (χ4v) is 6.08.